The maximum atomic E-state index is 12.0. The number of unbranched alkanes of at least 4 members (excludes halogenated alkanes) is 1. The van der Waals surface area contributed by atoms with E-state index in [0.29, 0.717) is 6.29 Å². The quantitative estimate of drug-likeness (QED) is 0.425. The van der Waals surface area contributed by atoms with Gasteiger partial charge in [0.25, 0.3) is 0 Å². The molecule has 3 unspecified atom stereocenters. The van der Waals surface area contributed by atoms with E-state index in [1.807, 2.05) is 13.2 Å². The SMILES string of the molecule is CCCCC(C(C)[C]=O)C(C)C(=O)C(=O)CCC=O. The van der Waals surface area contributed by atoms with E-state index in [-0.39, 0.29) is 24.7 Å². The van der Waals surface area contributed by atoms with Crippen LogP contribution in [0, 0.1) is 17.8 Å². The lowest BCUT2D eigenvalue weighted by molar-refractivity contribution is -0.140. The van der Waals surface area contributed by atoms with Crippen LogP contribution < -0.4 is 0 Å². The lowest BCUT2D eigenvalue weighted by Gasteiger charge is -2.24. The molecule has 107 valence electrons. The summed E-state index contributed by atoms with van der Waals surface area (Å²) in [4.78, 5) is 44.6. The predicted octanol–water partition coefficient (Wildman–Crippen LogP) is 2.29. The third kappa shape index (κ3) is 5.90. The Hall–Kier alpha value is -1.32. The second-order valence-corrected chi connectivity index (χ2v) is 4.99. The van der Waals surface area contributed by atoms with Crippen LogP contribution in [0.15, 0.2) is 0 Å². The number of ketones is 2. The van der Waals surface area contributed by atoms with Crippen LogP contribution in [0.3, 0.4) is 0 Å². The van der Waals surface area contributed by atoms with Gasteiger partial charge in [-0.1, -0.05) is 33.6 Å². The van der Waals surface area contributed by atoms with Crippen molar-refractivity contribution in [3.63, 3.8) is 0 Å². The maximum Gasteiger partial charge on any atom is 0.201 e. The van der Waals surface area contributed by atoms with Gasteiger partial charge in [0.2, 0.25) is 12.1 Å². The molecule has 0 heterocycles. The summed E-state index contributed by atoms with van der Waals surface area (Å²) in [5.41, 5.74) is 0. The Balaban J connectivity index is 4.71. The molecule has 0 aliphatic heterocycles. The molecule has 0 aliphatic carbocycles. The Morgan fingerprint density at radius 1 is 1.26 bits per heavy atom. The first-order valence-electron chi connectivity index (χ1n) is 6.87. The van der Waals surface area contributed by atoms with Crippen LogP contribution >= 0.6 is 0 Å². The molecule has 0 aliphatic rings. The summed E-state index contributed by atoms with van der Waals surface area (Å²) in [5.74, 6) is -1.97. The van der Waals surface area contributed by atoms with Crippen LogP contribution in [-0.2, 0) is 19.2 Å². The summed E-state index contributed by atoms with van der Waals surface area (Å²) >= 11 is 0. The van der Waals surface area contributed by atoms with Gasteiger partial charge in [0, 0.05) is 24.7 Å². The molecule has 0 amide bonds. The largest absolute Gasteiger partial charge is 0.303 e. The van der Waals surface area contributed by atoms with E-state index in [4.69, 9.17) is 0 Å². The summed E-state index contributed by atoms with van der Waals surface area (Å²) in [7, 11) is 0. The van der Waals surface area contributed by atoms with Gasteiger partial charge in [0.15, 0.2) is 5.78 Å². The molecule has 1 radical (unpaired) electrons. The van der Waals surface area contributed by atoms with Gasteiger partial charge in [0.05, 0.1) is 0 Å². The van der Waals surface area contributed by atoms with E-state index in [0.717, 1.165) is 19.3 Å². The van der Waals surface area contributed by atoms with Gasteiger partial charge in [-0.3, -0.25) is 14.4 Å². The van der Waals surface area contributed by atoms with E-state index in [9.17, 15) is 19.2 Å². The van der Waals surface area contributed by atoms with E-state index in [1.165, 1.54) is 0 Å². The van der Waals surface area contributed by atoms with Crippen LogP contribution in [-0.4, -0.2) is 24.1 Å². The number of carbonyl (C=O) groups excluding carboxylic acids is 4. The van der Waals surface area contributed by atoms with Gasteiger partial charge in [-0.15, -0.1) is 0 Å². The molecule has 0 N–H and O–H groups in total. The molecule has 0 aromatic carbocycles. The Morgan fingerprint density at radius 2 is 1.89 bits per heavy atom. The Morgan fingerprint density at radius 3 is 2.37 bits per heavy atom. The highest BCUT2D eigenvalue weighted by Gasteiger charge is 2.31. The van der Waals surface area contributed by atoms with Crippen LogP contribution in [0.4, 0.5) is 0 Å². The molecule has 0 bridgehead atoms. The molecule has 3 atom stereocenters. The molecule has 0 spiro atoms. The van der Waals surface area contributed by atoms with Gasteiger partial charge >= 0.3 is 0 Å². The first-order chi connectivity index (χ1) is 8.99. The zero-order valence-corrected chi connectivity index (χ0v) is 12.0. The molecular formula is C15H23O4. The molecule has 4 nitrogen and oxygen atoms in total. The topological polar surface area (TPSA) is 68.3 Å². The predicted molar refractivity (Wildman–Crippen MR) is 72.3 cm³/mol. The minimum Gasteiger partial charge on any atom is -0.303 e. The number of carbonyl (C=O) groups is 3. The van der Waals surface area contributed by atoms with Gasteiger partial charge in [0.1, 0.15) is 6.29 Å². The zero-order chi connectivity index (χ0) is 14.8. The average Bonchev–Trinajstić information content (AvgIpc) is 2.43. The minimum absolute atomic E-state index is 0.0354. The van der Waals surface area contributed by atoms with Crippen LogP contribution in [0.25, 0.3) is 0 Å². The smallest absolute Gasteiger partial charge is 0.201 e. The molecule has 0 rings (SSSR count). The van der Waals surface area contributed by atoms with E-state index < -0.39 is 17.5 Å². The van der Waals surface area contributed by atoms with Crippen molar-refractivity contribution in [3.8, 4) is 0 Å². The Labute approximate surface area is 114 Å². The van der Waals surface area contributed by atoms with Crippen LogP contribution in [0.1, 0.15) is 52.9 Å². The highest BCUT2D eigenvalue weighted by Crippen LogP contribution is 2.27. The van der Waals surface area contributed by atoms with Crippen molar-refractivity contribution in [2.45, 2.75) is 52.9 Å². The summed E-state index contributed by atoms with van der Waals surface area (Å²) in [6, 6.07) is 0. The van der Waals surface area contributed by atoms with Crippen molar-refractivity contribution in [1.82, 2.24) is 0 Å². The highest BCUT2D eigenvalue weighted by molar-refractivity contribution is 6.38. The fraction of sp³-hybridized carbons (Fsp3) is 0.733. The molecule has 19 heavy (non-hydrogen) atoms. The number of Topliss-reactive ketones (excluding diaryl/α,β-unsaturated/α-hetero) is 2. The second-order valence-electron chi connectivity index (χ2n) is 4.99. The fourth-order valence-electron chi connectivity index (χ4n) is 2.22. The molecule has 0 aromatic heterocycles. The average molecular weight is 267 g/mol. The Kier molecular flexibility index (Phi) is 8.92. The third-order valence-corrected chi connectivity index (χ3v) is 3.54. The standard InChI is InChI=1S/C15H23O4/c1-4-5-7-13(11(2)10-17)12(3)15(19)14(18)8-6-9-16/h9,11-13H,4-8H2,1-3H3. The maximum absolute atomic E-state index is 12.0. The summed E-state index contributed by atoms with van der Waals surface area (Å²) in [6.45, 7) is 5.45. The number of hydrogen-bond donors (Lipinski definition) is 0. The fourth-order valence-corrected chi connectivity index (χ4v) is 2.22. The zero-order valence-electron chi connectivity index (χ0n) is 12.0. The molecule has 0 aromatic rings. The van der Waals surface area contributed by atoms with E-state index in [2.05, 4.69) is 0 Å². The molecule has 0 saturated carbocycles. The third-order valence-electron chi connectivity index (χ3n) is 3.54. The van der Waals surface area contributed by atoms with Crippen molar-refractivity contribution in [1.29, 1.82) is 0 Å². The normalized spacial score (nSPS) is 15.3. The van der Waals surface area contributed by atoms with Crippen molar-refractivity contribution >= 4 is 24.1 Å². The minimum atomic E-state index is -0.515. The number of hydrogen-bond acceptors (Lipinski definition) is 4. The molecule has 4 heteroatoms. The molecule has 0 saturated heterocycles. The number of aldehydes is 1. The van der Waals surface area contributed by atoms with Gasteiger partial charge in [-0.25, -0.2) is 0 Å². The molecular weight excluding hydrogens is 244 g/mol. The van der Waals surface area contributed by atoms with Gasteiger partial charge < -0.3 is 4.79 Å². The van der Waals surface area contributed by atoms with Crippen molar-refractivity contribution in [2.24, 2.45) is 17.8 Å². The summed E-state index contributed by atoms with van der Waals surface area (Å²) in [5, 5.41) is 0. The van der Waals surface area contributed by atoms with Gasteiger partial charge in [-0.2, -0.15) is 0 Å². The second kappa shape index (κ2) is 9.59. The Bertz CT molecular complexity index is 322. The first-order valence-corrected chi connectivity index (χ1v) is 6.87. The lowest BCUT2D eigenvalue weighted by Crippen LogP contribution is -2.31. The van der Waals surface area contributed by atoms with E-state index in [1.54, 1.807) is 13.8 Å². The van der Waals surface area contributed by atoms with Crippen molar-refractivity contribution in [3.05, 3.63) is 0 Å². The van der Waals surface area contributed by atoms with Crippen molar-refractivity contribution < 1.29 is 19.2 Å². The highest BCUT2D eigenvalue weighted by atomic mass is 16.2. The number of rotatable bonds is 11. The summed E-state index contributed by atoms with van der Waals surface area (Å²) < 4.78 is 0. The van der Waals surface area contributed by atoms with Crippen LogP contribution in [0.2, 0.25) is 0 Å². The summed E-state index contributed by atoms with van der Waals surface area (Å²) in [6.07, 6.45) is 5.22. The first kappa shape index (κ1) is 17.7. The van der Waals surface area contributed by atoms with Crippen molar-refractivity contribution in [2.75, 3.05) is 0 Å². The van der Waals surface area contributed by atoms with E-state index >= 15 is 0 Å². The van der Waals surface area contributed by atoms with Gasteiger partial charge in [-0.05, 0) is 12.3 Å². The molecule has 0 fully saturated rings. The lowest BCUT2D eigenvalue weighted by atomic mass is 9.77. The van der Waals surface area contributed by atoms with Crippen LogP contribution in [0.5, 0.6) is 0 Å². The monoisotopic (exact) mass is 267 g/mol.